The number of hydrogen-bond acceptors (Lipinski definition) is 6. The van der Waals surface area contributed by atoms with Crippen molar-refractivity contribution >= 4 is 24.3 Å². The second-order valence-corrected chi connectivity index (χ2v) is 7.05. The molecule has 0 unspecified atom stereocenters. The van der Waals surface area contributed by atoms with Crippen LogP contribution in [-0.4, -0.2) is 38.7 Å². The van der Waals surface area contributed by atoms with Crippen LogP contribution in [0.25, 0.3) is 11.5 Å². The normalized spacial score (nSPS) is 14.4. The predicted octanol–water partition coefficient (Wildman–Crippen LogP) is 2.85. The lowest BCUT2D eigenvalue weighted by Crippen LogP contribution is -2.27. The molecule has 0 atom stereocenters. The number of hydrogen-bond donors (Lipinski definition) is 2. The number of amides is 1. The zero-order chi connectivity index (χ0) is 19.5. The van der Waals surface area contributed by atoms with Crippen LogP contribution in [0.15, 0.2) is 34.7 Å². The molecule has 1 aliphatic heterocycles. The van der Waals surface area contributed by atoms with Crippen molar-refractivity contribution < 1.29 is 9.21 Å². The summed E-state index contributed by atoms with van der Waals surface area (Å²) in [6.45, 7) is 3.76. The lowest BCUT2D eigenvalue weighted by atomic mass is 9.98. The number of carbonyl (C=O) groups excluding carboxylic acids is 1. The smallest absolute Gasteiger partial charge is 0.232 e. The van der Waals surface area contributed by atoms with Crippen LogP contribution in [0, 0.1) is 6.92 Å². The molecule has 1 aliphatic rings. The van der Waals surface area contributed by atoms with E-state index in [1.54, 1.807) is 11.7 Å². The minimum absolute atomic E-state index is 0. The lowest BCUT2D eigenvalue weighted by molar-refractivity contribution is -0.115. The Morgan fingerprint density at radius 2 is 1.97 bits per heavy atom. The highest BCUT2D eigenvalue weighted by Gasteiger charge is 2.22. The summed E-state index contributed by atoms with van der Waals surface area (Å²) in [6.07, 6.45) is 2.15. The van der Waals surface area contributed by atoms with Gasteiger partial charge in [0.15, 0.2) is 5.82 Å². The molecular formula is C20H25ClN6O2. The van der Waals surface area contributed by atoms with Gasteiger partial charge in [0.05, 0.1) is 12.1 Å². The van der Waals surface area contributed by atoms with Crippen molar-refractivity contribution in [3.05, 3.63) is 47.6 Å². The topological polar surface area (TPSA) is 97.9 Å². The molecule has 0 aliphatic carbocycles. The van der Waals surface area contributed by atoms with Gasteiger partial charge in [-0.3, -0.25) is 10.1 Å². The summed E-state index contributed by atoms with van der Waals surface area (Å²) in [6, 6.07) is 9.64. The van der Waals surface area contributed by atoms with Gasteiger partial charge in [-0.1, -0.05) is 18.2 Å². The number of rotatable bonds is 5. The third-order valence-electron chi connectivity index (χ3n) is 4.98. The molecule has 0 spiro atoms. The zero-order valence-electron chi connectivity index (χ0n) is 16.5. The van der Waals surface area contributed by atoms with Gasteiger partial charge < -0.3 is 9.73 Å². The molecule has 154 valence electrons. The first-order valence-corrected chi connectivity index (χ1v) is 9.53. The van der Waals surface area contributed by atoms with Crippen molar-refractivity contribution in [3.8, 4) is 11.5 Å². The summed E-state index contributed by atoms with van der Waals surface area (Å²) in [4.78, 5) is 21.6. The van der Waals surface area contributed by atoms with Crippen LogP contribution in [-0.2, 0) is 18.3 Å². The Labute approximate surface area is 175 Å². The average molecular weight is 417 g/mol. The SMILES string of the molecule is Cc1oc(-c2ccccc2)nc1CC(=O)Nc1nc(C2CCNCC2)nn1C.Cl. The summed E-state index contributed by atoms with van der Waals surface area (Å²) in [5.74, 6) is 2.56. The highest BCUT2D eigenvalue weighted by molar-refractivity contribution is 5.90. The Morgan fingerprint density at radius 1 is 1.24 bits per heavy atom. The van der Waals surface area contributed by atoms with Gasteiger partial charge in [0, 0.05) is 18.5 Å². The van der Waals surface area contributed by atoms with E-state index in [0.717, 1.165) is 37.3 Å². The van der Waals surface area contributed by atoms with Crippen molar-refractivity contribution in [1.29, 1.82) is 0 Å². The first kappa shape index (κ1) is 21.0. The number of halogens is 1. The van der Waals surface area contributed by atoms with Gasteiger partial charge in [-0.25, -0.2) is 9.67 Å². The quantitative estimate of drug-likeness (QED) is 0.663. The van der Waals surface area contributed by atoms with Crippen LogP contribution in [0.4, 0.5) is 5.95 Å². The van der Waals surface area contributed by atoms with E-state index >= 15 is 0 Å². The third kappa shape index (κ3) is 4.83. The maximum atomic E-state index is 12.5. The van der Waals surface area contributed by atoms with Crippen molar-refractivity contribution in [2.45, 2.75) is 32.1 Å². The van der Waals surface area contributed by atoms with Crippen molar-refractivity contribution in [2.75, 3.05) is 18.4 Å². The molecule has 1 saturated heterocycles. The summed E-state index contributed by atoms with van der Waals surface area (Å²) in [5, 5.41) is 10.7. The Balaban J connectivity index is 0.00000240. The second kappa shape index (κ2) is 9.19. The molecule has 9 heteroatoms. The van der Waals surface area contributed by atoms with Gasteiger partial charge in [0.25, 0.3) is 0 Å². The molecule has 1 amide bonds. The summed E-state index contributed by atoms with van der Waals surface area (Å²) < 4.78 is 7.35. The number of aromatic nitrogens is 4. The van der Waals surface area contributed by atoms with Crippen LogP contribution in [0.5, 0.6) is 0 Å². The molecule has 0 radical (unpaired) electrons. The number of benzene rings is 1. The van der Waals surface area contributed by atoms with E-state index < -0.39 is 0 Å². The third-order valence-corrected chi connectivity index (χ3v) is 4.98. The van der Waals surface area contributed by atoms with E-state index in [0.29, 0.717) is 29.2 Å². The van der Waals surface area contributed by atoms with Gasteiger partial charge in [-0.05, 0) is 45.0 Å². The number of anilines is 1. The fourth-order valence-electron chi connectivity index (χ4n) is 3.38. The van der Waals surface area contributed by atoms with Gasteiger partial charge in [-0.2, -0.15) is 10.1 Å². The summed E-state index contributed by atoms with van der Waals surface area (Å²) in [5.41, 5.74) is 1.51. The van der Waals surface area contributed by atoms with Gasteiger partial charge >= 0.3 is 0 Å². The number of aryl methyl sites for hydroxylation is 2. The standard InChI is InChI=1S/C20H24N6O2.ClH/c1-13-16(22-19(28-13)15-6-4-3-5-7-15)12-17(27)23-20-24-18(25-26(20)2)14-8-10-21-11-9-14;/h3-7,14,21H,8-12H2,1-2H3,(H,23,24,25,27);1H. The van der Waals surface area contributed by atoms with Crippen LogP contribution in [0.2, 0.25) is 0 Å². The van der Waals surface area contributed by atoms with E-state index in [-0.39, 0.29) is 24.7 Å². The number of carbonyl (C=O) groups is 1. The maximum absolute atomic E-state index is 12.5. The van der Waals surface area contributed by atoms with Crippen LogP contribution < -0.4 is 10.6 Å². The number of nitrogens with zero attached hydrogens (tertiary/aromatic N) is 4. The first-order chi connectivity index (χ1) is 13.6. The van der Waals surface area contributed by atoms with E-state index in [9.17, 15) is 4.79 Å². The minimum Gasteiger partial charge on any atom is -0.441 e. The van der Waals surface area contributed by atoms with Crippen LogP contribution in [0.3, 0.4) is 0 Å². The molecule has 0 bridgehead atoms. The number of oxazole rings is 1. The second-order valence-electron chi connectivity index (χ2n) is 7.05. The van der Waals surface area contributed by atoms with E-state index in [1.807, 2.05) is 37.3 Å². The molecular weight excluding hydrogens is 392 g/mol. The molecule has 3 aromatic rings. The molecule has 3 heterocycles. The van der Waals surface area contributed by atoms with Crippen LogP contribution in [0.1, 0.15) is 36.0 Å². The Kier molecular flexibility index (Phi) is 6.66. The molecule has 2 aromatic heterocycles. The van der Waals surface area contributed by atoms with E-state index in [4.69, 9.17) is 4.42 Å². The molecule has 1 fully saturated rings. The van der Waals surface area contributed by atoms with Crippen molar-refractivity contribution in [1.82, 2.24) is 25.1 Å². The highest BCUT2D eigenvalue weighted by atomic mass is 35.5. The van der Waals surface area contributed by atoms with Gasteiger partial charge in [0.1, 0.15) is 5.76 Å². The van der Waals surface area contributed by atoms with E-state index in [1.165, 1.54) is 0 Å². The molecule has 8 nitrogen and oxygen atoms in total. The monoisotopic (exact) mass is 416 g/mol. The fraction of sp³-hybridized carbons (Fsp3) is 0.400. The Hall–Kier alpha value is -2.71. The molecule has 1 aromatic carbocycles. The Bertz CT molecular complexity index is 963. The van der Waals surface area contributed by atoms with Crippen molar-refractivity contribution in [3.63, 3.8) is 0 Å². The average Bonchev–Trinajstić information content (AvgIpc) is 3.26. The van der Waals surface area contributed by atoms with Gasteiger partial charge in [0.2, 0.25) is 17.7 Å². The van der Waals surface area contributed by atoms with E-state index in [2.05, 4.69) is 25.7 Å². The molecule has 0 saturated carbocycles. The molecule has 4 rings (SSSR count). The van der Waals surface area contributed by atoms with Gasteiger partial charge in [-0.15, -0.1) is 12.4 Å². The zero-order valence-corrected chi connectivity index (χ0v) is 17.3. The number of nitrogens with one attached hydrogen (secondary N) is 2. The summed E-state index contributed by atoms with van der Waals surface area (Å²) >= 11 is 0. The predicted molar refractivity (Wildman–Crippen MR) is 112 cm³/mol. The molecule has 2 N–H and O–H groups in total. The maximum Gasteiger partial charge on any atom is 0.232 e. The molecule has 29 heavy (non-hydrogen) atoms. The van der Waals surface area contributed by atoms with Crippen LogP contribution >= 0.6 is 12.4 Å². The number of piperidine rings is 1. The minimum atomic E-state index is -0.191. The lowest BCUT2D eigenvalue weighted by Gasteiger charge is -2.19. The van der Waals surface area contributed by atoms with Crippen molar-refractivity contribution in [2.24, 2.45) is 7.05 Å². The first-order valence-electron chi connectivity index (χ1n) is 9.53. The highest BCUT2D eigenvalue weighted by Crippen LogP contribution is 2.24. The Morgan fingerprint density at radius 3 is 2.69 bits per heavy atom. The largest absolute Gasteiger partial charge is 0.441 e. The fourth-order valence-corrected chi connectivity index (χ4v) is 3.38. The summed E-state index contributed by atoms with van der Waals surface area (Å²) in [7, 11) is 1.79.